The molecule has 0 saturated heterocycles. The maximum Gasteiger partial charge on any atom is 0.254 e. The molecule has 3 aromatic rings. The van der Waals surface area contributed by atoms with Crippen molar-refractivity contribution in [3.8, 4) is 0 Å². The molecule has 4 rings (SSSR count). The summed E-state index contributed by atoms with van der Waals surface area (Å²) in [6, 6.07) is 9.64. The van der Waals surface area contributed by atoms with E-state index in [0.717, 1.165) is 49.3 Å². The summed E-state index contributed by atoms with van der Waals surface area (Å²) in [6.07, 6.45) is 4.43. The molecule has 1 aliphatic heterocycles. The molecule has 0 radical (unpaired) electrons. The van der Waals surface area contributed by atoms with Crippen LogP contribution in [0.5, 0.6) is 0 Å². The maximum atomic E-state index is 12.0. The van der Waals surface area contributed by atoms with Crippen molar-refractivity contribution in [1.82, 2.24) is 25.0 Å². The first kappa shape index (κ1) is 18.7. The van der Waals surface area contributed by atoms with Crippen molar-refractivity contribution in [2.24, 2.45) is 0 Å². The van der Waals surface area contributed by atoms with Gasteiger partial charge in [0.25, 0.3) is 5.91 Å². The molecule has 2 aromatic heterocycles. The van der Waals surface area contributed by atoms with Gasteiger partial charge in [-0.15, -0.1) is 10.2 Å². The quantitative estimate of drug-likeness (QED) is 0.689. The van der Waals surface area contributed by atoms with Crippen molar-refractivity contribution < 1.29 is 9.21 Å². The van der Waals surface area contributed by atoms with E-state index in [4.69, 9.17) is 16.0 Å². The first-order chi connectivity index (χ1) is 13.7. The van der Waals surface area contributed by atoms with Gasteiger partial charge in [-0.2, -0.15) is 0 Å². The molecule has 0 saturated carbocycles. The summed E-state index contributed by atoms with van der Waals surface area (Å²) in [7, 11) is 0. The van der Waals surface area contributed by atoms with Crippen LogP contribution in [0, 0.1) is 0 Å². The van der Waals surface area contributed by atoms with Gasteiger partial charge >= 0.3 is 0 Å². The van der Waals surface area contributed by atoms with Crippen molar-refractivity contribution in [2.45, 2.75) is 25.9 Å². The number of benzene rings is 1. The van der Waals surface area contributed by atoms with Gasteiger partial charge in [0.1, 0.15) is 17.9 Å². The Morgan fingerprint density at radius 2 is 2.14 bits per heavy atom. The molecule has 146 valence electrons. The molecule has 0 spiro atoms. The van der Waals surface area contributed by atoms with Crippen molar-refractivity contribution in [2.75, 3.05) is 19.6 Å². The number of carbonyl (C=O) groups is 1. The number of carbonyl (C=O) groups excluding carboxylic acids is 1. The second kappa shape index (κ2) is 8.58. The zero-order chi connectivity index (χ0) is 19.3. The molecule has 0 fully saturated rings. The Hall–Kier alpha value is -2.64. The van der Waals surface area contributed by atoms with E-state index in [1.165, 1.54) is 18.1 Å². The van der Waals surface area contributed by atoms with Crippen LogP contribution in [0.4, 0.5) is 0 Å². The molecule has 0 unspecified atom stereocenters. The Kier molecular flexibility index (Phi) is 5.73. The van der Waals surface area contributed by atoms with Gasteiger partial charge in [0.15, 0.2) is 0 Å². The normalized spacial score (nSPS) is 14.5. The highest BCUT2D eigenvalue weighted by molar-refractivity contribution is 6.30. The number of amides is 1. The van der Waals surface area contributed by atoms with Crippen LogP contribution in [-0.2, 0) is 25.9 Å². The van der Waals surface area contributed by atoms with Gasteiger partial charge < -0.3 is 14.3 Å². The van der Waals surface area contributed by atoms with E-state index >= 15 is 0 Å². The van der Waals surface area contributed by atoms with Crippen molar-refractivity contribution in [3.63, 3.8) is 0 Å². The van der Waals surface area contributed by atoms with Gasteiger partial charge in [-0.1, -0.05) is 23.7 Å². The molecule has 1 aliphatic rings. The molecular formula is C20H22ClN5O2. The predicted molar refractivity (Wildman–Crippen MR) is 105 cm³/mol. The lowest BCUT2D eigenvalue weighted by molar-refractivity contribution is 0.0953. The summed E-state index contributed by atoms with van der Waals surface area (Å²) in [5, 5.41) is 12.3. The van der Waals surface area contributed by atoms with Crippen LogP contribution in [0.2, 0.25) is 5.02 Å². The second-order valence-electron chi connectivity index (χ2n) is 6.86. The molecule has 0 atom stereocenters. The van der Waals surface area contributed by atoms with Gasteiger partial charge in [-0.25, -0.2) is 0 Å². The zero-order valence-corrected chi connectivity index (χ0v) is 16.2. The monoisotopic (exact) mass is 399 g/mol. The molecule has 1 amide bonds. The molecule has 0 aliphatic carbocycles. The van der Waals surface area contributed by atoms with Crippen molar-refractivity contribution in [1.29, 1.82) is 0 Å². The Morgan fingerprint density at radius 3 is 2.96 bits per heavy atom. The number of rotatable bonds is 6. The number of nitrogens with one attached hydrogen (secondary N) is 1. The van der Waals surface area contributed by atoms with E-state index in [1.54, 1.807) is 6.07 Å². The van der Waals surface area contributed by atoms with Crippen molar-refractivity contribution >= 4 is 17.5 Å². The number of halogens is 1. The van der Waals surface area contributed by atoms with Gasteiger partial charge in [-0.05, 0) is 23.8 Å². The fourth-order valence-corrected chi connectivity index (χ4v) is 3.66. The van der Waals surface area contributed by atoms with E-state index in [9.17, 15) is 4.79 Å². The number of nitrogens with zero attached hydrogens (tertiary/aromatic N) is 4. The summed E-state index contributed by atoms with van der Waals surface area (Å²) < 4.78 is 7.12. The number of hydrogen-bond donors (Lipinski definition) is 1. The number of aromatic nitrogens is 3. The van der Waals surface area contributed by atoms with Crippen LogP contribution in [0.1, 0.15) is 27.6 Å². The Labute approximate surface area is 168 Å². The highest BCUT2D eigenvalue weighted by Gasteiger charge is 2.19. The van der Waals surface area contributed by atoms with Gasteiger partial charge in [0, 0.05) is 50.6 Å². The molecule has 1 N–H and O–H groups in total. The van der Waals surface area contributed by atoms with Crippen molar-refractivity contribution in [3.05, 3.63) is 70.7 Å². The van der Waals surface area contributed by atoms with E-state index < -0.39 is 0 Å². The van der Waals surface area contributed by atoms with Crippen LogP contribution in [-0.4, -0.2) is 45.2 Å². The van der Waals surface area contributed by atoms with E-state index in [1.807, 2.05) is 18.2 Å². The predicted octanol–water partition coefficient (Wildman–Crippen LogP) is 2.56. The van der Waals surface area contributed by atoms with Crippen LogP contribution >= 0.6 is 11.6 Å². The average Bonchev–Trinajstić information content (AvgIpc) is 3.30. The lowest BCUT2D eigenvalue weighted by Gasteiger charge is -2.19. The third-order valence-corrected chi connectivity index (χ3v) is 5.14. The number of furan rings is 1. The SMILES string of the molecule is O=C(NCCc1nnc2n1CCN(Cc1cccc(Cl)c1)CC2)c1ccoc1. The van der Waals surface area contributed by atoms with Gasteiger partial charge in [0.2, 0.25) is 0 Å². The third kappa shape index (κ3) is 4.43. The Balaban J connectivity index is 1.32. The fourth-order valence-electron chi connectivity index (χ4n) is 3.45. The van der Waals surface area contributed by atoms with Crippen LogP contribution < -0.4 is 5.32 Å². The molecule has 1 aromatic carbocycles. The summed E-state index contributed by atoms with van der Waals surface area (Å²) in [4.78, 5) is 14.4. The maximum absolute atomic E-state index is 12.0. The lowest BCUT2D eigenvalue weighted by Crippen LogP contribution is -2.28. The molecule has 28 heavy (non-hydrogen) atoms. The number of hydrogen-bond acceptors (Lipinski definition) is 5. The largest absolute Gasteiger partial charge is 0.472 e. The summed E-state index contributed by atoms with van der Waals surface area (Å²) in [5.41, 5.74) is 1.74. The topological polar surface area (TPSA) is 76.2 Å². The lowest BCUT2D eigenvalue weighted by atomic mass is 10.2. The van der Waals surface area contributed by atoms with E-state index in [-0.39, 0.29) is 5.91 Å². The Morgan fingerprint density at radius 1 is 1.21 bits per heavy atom. The summed E-state index contributed by atoms with van der Waals surface area (Å²) >= 11 is 6.10. The van der Waals surface area contributed by atoms with Gasteiger partial charge in [-0.3, -0.25) is 9.69 Å². The zero-order valence-electron chi connectivity index (χ0n) is 15.5. The van der Waals surface area contributed by atoms with E-state index in [0.29, 0.717) is 18.5 Å². The first-order valence-corrected chi connectivity index (χ1v) is 9.75. The molecular weight excluding hydrogens is 378 g/mol. The minimum absolute atomic E-state index is 0.142. The number of fused-ring (bicyclic) bond motifs is 1. The first-order valence-electron chi connectivity index (χ1n) is 9.37. The van der Waals surface area contributed by atoms with Crippen LogP contribution in [0.15, 0.2) is 47.3 Å². The molecule has 7 nitrogen and oxygen atoms in total. The second-order valence-corrected chi connectivity index (χ2v) is 7.29. The fraction of sp³-hybridized carbons (Fsp3) is 0.350. The van der Waals surface area contributed by atoms with Crippen LogP contribution in [0.25, 0.3) is 0 Å². The minimum Gasteiger partial charge on any atom is -0.472 e. The third-order valence-electron chi connectivity index (χ3n) is 4.91. The molecule has 0 bridgehead atoms. The van der Waals surface area contributed by atoms with E-state index in [2.05, 4.69) is 31.0 Å². The Bertz CT molecular complexity index is 938. The summed E-state index contributed by atoms with van der Waals surface area (Å²) in [6.45, 7) is 4.07. The van der Waals surface area contributed by atoms with Crippen LogP contribution in [0.3, 0.4) is 0 Å². The average molecular weight is 400 g/mol. The smallest absolute Gasteiger partial charge is 0.254 e. The highest BCUT2D eigenvalue weighted by Crippen LogP contribution is 2.15. The molecule has 3 heterocycles. The summed E-state index contributed by atoms with van der Waals surface area (Å²) in [5.74, 6) is 1.77. The molecule has 8 heteroatoms. The highest BCUT2D eigenvalue weighted by atomic mass is 35.5. The van der Waals surface area contributed by atoms with Gasteiger partial charge in [0.05, 0.1) is 11.8 Å². The standard InChI is InChI=1S/C20H22ClN5O2/c21-17-3-1-2-15(12-17)13-25-8-5-19-24-23-18(26(19)10-9-25)4-7-22-20(27)16-6-11-28-14-16/h1-3,6,11-12,14H,4-5,7-10,13H2,(H,22,27). The minimum atomic E-state index is -0.142.